The summed E-state index contributed by atoms with van der Waals surface area (Å²) in [5, 5.41) is 3.48. The Labute approximate surface area is 134 Å². The smallest absolute Gasteiger partial charge is 0.303 e. The van der Waals surface area contributed by atoms with Crippen molar-refractivity contribution < 1.29 is 9.53 Å². The minimum absolute atomic E-state index is 0.335. The summed E-state index contributed by atoms with van der Waals surface area (Å²) in [6.45, 7) is 5.57. The second-order valence-electron chi connectivity index (χ2n) is 4.43. The Kier molecular flexibility index (Phi) is 8.57. The van der Waals surface area contributed by atoms with E-state index >= 15 is 0 Å². The highest BCUT2D eigenvalue weighted by Gasteiger charge is 2.10. The summed E-state index contributed by atoms with van der Waals surface area (Å²) in [7, 11) is 0. The van der Waals surface area contributed by atoms with Crippen molar-refractivity contribution in [2.24, 2.45) is 5.11 Å². The maximum Gasteiger partial charge on any atom is 0.303 e. The number of thioether (sulfide) groups is 1. The molecule has 0 radical (unpaired) electrons. The van der Waals surface area contributed by atoms with Crippen LogP contribution in [0.1, 0.15) is 19.8 Å². The largest absolute Gasteiger partial charge is 0.458 e. The first-order valence-corrected chi connectivity index (χ1v) is 7.72. The lowest BCUT2D eigenvalue weighted by Crippen LogP contribution is -2.14. The van der Waals surface area contributed by atoms with Gasteiger partial charge in [-0.25, -0.2) is 0 Å². The molecule has 22 heavy (non-hydrogen) atoms. The molecule has 0 bridgehead atoms. The van der Waals surface area contributed by atoms with Gasteiger partial charge in [0.2, 0.25) is 0 Å². The Bertz CT molecular complexity index is 566. The van der Waals surface area contributed by atoms with Crippen LogP contribution in [0.2, 0.25) is 0 Å². The van der Waals surface area contributed by atoms with Crippen molar-refractivity contribution >= 4 is 17.7 Å². The van der Waals surface area contributed by atoms with E-state index < -0.39 is 0 Å². The molecular formula is C16H19N3O2S. The topological polar surface area (TPSA) is 75.1 Å². The Balaban J connectivity index is 2.74. The number of carbonyl (C=O) groups is 1. The van der Waals surface area contributed by atoms with E-state index in [4.69, 9.17) is 10.3 Å². The SMILES string of the molecule is C=C/C(=C\[C@@H](CCCN=[N+]=[N-])OC(C)=O)Sc1ccccc1. The molecule has 1 atom stereocenters. The summed E-state index contributed by atoms with van der Waals surface area (Å²) < 4.78 is 5.29. The monoisotopic (exact) mass is 317 g/mol. The maximum absolute atomic E-state index is 11.2. The number of hydrogen-bond acceptors (Lipinski definition) is 4. The van der Waals surface area contributed by atoms with E-state index in [0.717, 1.165) is 9.80 Å². The fourth-order valence-electron chi connectivity index (χ4n) is 1.75. The average Bonchev–Trinajstić information content (AvgIpc) is 2.51. The molecule has 0 unspecified atom stereocenters. The molecule has 1 rings (SSSR count). The van der Waals surface area contributed by atoms with Crippen molar-refractivity contribution in [3.8, 4) is 0 Å². The van der Waals surface area contributed by atoms with Crippen LogP contribution in [0, 0.1) is 0 Å². The molecule has 1 aromatic carbocycles. The molecule has 0 N–H and O–H groups in total. The highest BCUT2D eigenvalue weighted by molar-refractivity contribution is 8.03. The van der Waals surface area contributed by atoms with E-state index in [1.165, 1.54) is 6.92 Å². The first-order valence-electron chi connectivity index (χ1n) is 6.91. The van der Waals surface area contributed by atoms with E-state index in [0.29, 0.717) is 19.4 Å². The van der Waals surface area contributed by atoms with Gasteiger partial charge in [0, 0.05) is 28.2 Å². The lowest BCUT2D eigenvalue weighted by Gasteiger charge is -2.14. The average molecular weight is 317 g/mol. The van der Waals surface area contributed by atoms with Crippen LogP contribution >= 0.6 is 11.8 Å². The van der Waals surface area contributed by atoms with Gasteiger partial charge in [-0.3, -0.25) is 4.79 Å². The predicted molar refractivity (Wildman–Crippen MR) is 89.4 cm³/mol. The highest BCUT2D eigenvalue weighted by Crippen LogP contribution is 2.28. The maximum atomic E-state index is 11.2. The van der Waals surface area contributed by atoms with Gasteiger partial charge in [0.15, 0.2) is 0 Å². The van der Waals surface area contributed by atoms with Crippen LogP contribution in [0.3, 0.4) is 0 Å². The van der Waals surface area contributed by atoms with Crippen molar-refractivity contribution in [3.05, 3.63) is 64.4 Å². The summed E-state index contributed by atoms with van der Waals surface area (Å²) in [5.41, 5.74) is 8.27. The number of azide groups is 1. The molecule has 0 amide bonds. The van der Waals surface area contributed by atoms with Crippen LogP contribution in [0.4, 0.5) is 0 Å². The Morgan fingerprint density at radius 3 is 2.82 bits per heavy atom. The Hall–Kier alpha value is -2.17. The molecule has 0 aromatic heterocycles. The summed E-state index contributed by atoms with van der Waals surface area (Å²) in [4.78, 5) is 15.9. The van der Waals surface area contributed by atoms with Crippen LogP contribution in [0.15, 0.2) is 64.0 Å². The van der Waals surface area contributed by atoms with Crippen molar-refractivity contribution in [1.82, 2.24) is 0 Å². The van der Waals surface area contributed by atoms with Crippen LogP contribution < -0.4 is 0 Å². The minimum atomic E-state index is -0.351. The molecule has 6 heteroatoms. The zero-order valence-electron chi connectivity index (χ0n) is 12.5. The van der Waals surface area contributed by atoms with Crippen LogP contribution in [-0.2, 0) is 9.53 Å². The fourth-order valence-corrected chi connectivity index (χ4v) is 2.62. The van der Waals surface area contributed by atoms with Gasteiger partial charge in [-0.1, -0.05) is 47.7 Å². The normalized spacial score (nSPS) is 12.1. The number of ether oxygens (including phenoxy) is 1. The van der Waals surface area contributed by atoms with E-state index in [-0.39, 0.29) is 12.1 Å². The van der Waals surface area contributed by atoms with Gasteiger partial charge in [-0.05, 0) is 36.6 Å². The standard InChI is InChI=1S/C16H19N3O2S/c1-3-15(22-16-9-5-4-6-10-16)12-14(21-13(2)20)8-7-11-18-19-17/h3-6,9-10,12,14H,1,7-8,11H2,2H3/b15-12+/t14-/m1/s1. The van der Waals surface area contributed by atoms with Crippen LogP contribution in [0.25, 0.3) is 10.4 Å². The van der Waals surface area contributed by atoms with Crippen molar-refractivity contribution in [2.75, 3.05) is 6.54 Å². The molecule has 116 valence electrons. The molecule has 0 aliphatic carbocycles. The number of esters is 1. The quantitative estimate of drug-likeness (QED) is 0.124. The van der Waals surface area contributed by atoms with Crippen molar-refractivity contribution in [3.63, 3.8) is 0 Å². The van der Waals surface area contributed by atoms with Gasteiger partial charge in [-0.2, -0.15) is 0 Å². The minimum Gasteiger partial charge on any atom is -0.458 e. The molecule has 5 nitrogen and oxygen atoms in total. The molecular weight excluding hydrogens is 298 g/mol. The Morgan fingerprint density at radius 1 is 1.50 bits per heavy atom. The van der Waals surface area contributed by atoms with Crippen molar-refractivity contribution in [1.29, 1.82) is 0 Å². The first-order chi connectivity index (χ1) is 10.7. The Morgan fingerprint density at radius 2 is 2.23 bits per heavy atom. The van der Waals surface area contributed by atoms with E-state index in [1.54, 1.807) is 17.8 Å². The third-order valence-corrected chi connectivity index (χ3v) is 3.70. The van der Waals surface area contributed by atoms with E-state index in [2.05, 4.69) is 16.6 Å². The number of nitrogens with zero attached hydrogens (tertiary/aromatic N) is 3. The second-order valence-corrected chi connectivity index (χ2v) is 5.58. The fraction of sp³-hybridized carbons (Fsp3) is 0.312. The molecule has 0 spiro atoms. The van der Waals surface area contributed by atoms with Gasteiger partial charge >= 0.3 is 5.97 Å². The molecule has 0 aliphatic rings. The summed E-state index contributed by atoms with van der Waals surface area (Å²) in [6, 6.07) is 9.90. The predicted octanol–water partition coefficient (Wildman–Crippen LogP) is 4.87. The van der Waals surface area contributed by atoms with Gasteiger partial charge in [-0.15, -0.1) is 0 Å². The molecule has 0 saturated heterocycles. The van der Waals surface area contributed by atoms with Gasteiger partial charge in [0.1, 0.15) is 6.10 Å². The third kappa shape index (κ3) is 7.57. The number of hydrogen-bond donors (Lipinski definition) is 0. The van der Waals surface area contributed by atoms with E-state index in [1.807, 2.05) is 36.4 Å². The summed E-state index contributed by atoms with van der Waals surface area (Å²) in [5.74, 6) is -0.335. The van der Waals surface area contributed by atoms with Crippen molar-refractivity contribution in [2.45, 2.75) is 30.8 Å². The molecule has 0 heterocycles. The zero-order chi connectivity index (χ0) is 16.2. The molecule has 0 saturated carbocycles. The lowest BCUT2D eigenvalue weighted by atomic mass is 10.2. The highest BCUT2D eigenvalue weighted by atomic mass is 32.2. The summed E-state index contributed by atoms with van der Waals surface area (Å²) >= 11 is 1.56. The summed E-state index contributed by atoms with van der Waals surface area (Å²) in [6.07, 6.45) is 4.52. The van der Waals surface area contributed by atoms with Crippen LogP contribution in [0.5, 0.6) is 0 Å². The molecule has 0 fully saturated rings. The van der Waals surface area contributed by atoms with Crippen LogP contribution in [-0.4, -0.2) is 18.6 Å². The van der Waals surface area contributed by atoms with Gasteiger partial charge in [0.25, 0.3) is 0 Å². The second kappa shape index (κ2) is 10.5. The lowest BCUT2D eigenvalue weighted by molar-refractivity contribution is -0.144. The van der Waals surface area contributed by atoms with Gasteiger partial charge in [0.05, 0.1) is 0 Å². The molecule has 0 aliphatic heterocycles. The number of carbonyl (C=O) groups excluding carboxylic acids is 1. The van der Waals surface area contributed by atoms with E-state index in [9.17, 15) is 4.79 Å². The number of rotatable bonds is 9. The zero-order valence-corrected chi connectivity index (χ0v) is 13.3. The molecule has 1 aromatic rings. The first kappa shape index (κ1) is 17.9. The van der Waals surface area contributed by atoms with Gasteiger partial charge < -0.3 is 4.74 Å². The number of benzene rings is 1. The number of allylic oxidation sites excluding steroid dienone is 1. The third-order valence-electron chi connectivity index (χ3n) is 2.66.